The minimum absolute atomic E-state index is 0.552. The van der Waals surface area contributed by atoms with Crippen LogP contribution in [0.2, 0.25) is 5.02 Å². The summed E-state index contributed by atoms with van der Waals surface area (Å²) in [4.78, 5) is 0. The van der Waals surface area contributed by atoms with Gasteiger partial charge in [-0.2, -0.15) is 0 Å². The van der Waals surface area contributed by atoms with Gasteiger partial charge in [-0.15, -0.1) is 6.58 Å². The molecule has 0 spiro atoms. The molecule has 0 saturated carbocycles. The number of hydrogen-bond acceptors (Lipinski definition) is 3. The number of methoxy groups -OCH3 is 1. The normalized spacial score (nSPS) is 10.2. The Hall–Kier alpha value is -1.19. The van der Waals surface area contributed by atoms with Crippen LogP contribution in [-0.2, 0) is 6.54 Å². The predicted octanol–water partition coefficient (Wildman–Crippen LogP) is 3.41. The minimum Gasteiger partial charge on any atom is -0.493 e. The van der Waals surface area contributed by atoms with Gasteiger partial charge >= 0.3 is 0 Å². The van der Waals surface area contributed by atoms with Crippen molar-refractivity contribution in [1.29, 1.82) is 0 Å². The molecule has 18 heavy (non-hydrogen) atoms. The van der Waals surface area contributed by atoms with Crippen molar-refractivity contribution in [2.45, 2.75) is 19.9 Å². The van der Waals surface area contributed by atoms with Crippen LogP contribution in [0.1, 0.15) is 18.9 Å². The lowest BCUT2D eigenvalue weighted by Gasteiger charge is -2.14. The lowest BCUT2D eigenvalue weighted by Crippen LogP contribution is -2.06. The molecule has 1 aromatic rings. The molecule has 0 amide bonds. The fourth-order valence-electron chi connectivity index (χ4n) is 1.55. The average molecular weight is 270 g/mol. The Labute approximate surface area is 114 Å². The van der Waals surface area contributed by atoms with Crippen LogP contribution in [0.5, 0.6) is 11.5 Å². The first-order valence-electron chi connectivity index (χ1n) is 5.86. The van der Waals surface area contributed by atoms with Gasteiger partial charge in [-0.25, -0.2) is 0 Å². The van der Waals surface area contributed by atoms with E-state index in [1.807, 2.05) is 26.1 Å². The highest BCUT2D eigenvalue weighted by Gasteiger charge is 2.11. The minimum atomic E-state index is 0.552. The van der Waals surface area contributed by atoms with Gasteiger partial charge in [-0.05, 0) is 31.7 Å². The van der Waals surface area contributed by atoms with Crippen LogP contribution in [0.25, 0.3) is 0 Å². The summed E-state index contributed by atoms with van der Waals surface area (Å²) in [6.45, 7) is 7.10. The third-order valence-corrected chi connectivity index (χ3v) is 2.73. The Morgan fingerprint density at radius 1 is 1.44 bits per heavy atom. The van der Waals surface area contributed by atoms with E-state index in [9.17, 15) is 0 Å². The highest BCUT2D eigenvalue weighted by atomic mass is 35.5. The molecule has 0 aromatic heterocycles. The van der Waals surface area contributed by atoms with Gasteiger partial charge in [-0.1, -0.05) is 17.2 Å². The molecule has 0 unspecified atom stereocenters. The highest BCUT2D eigenvalue weighted by molar-refractivity contribution is 6.32. The van der Waals surface area contributed by atoms with E-state index in [0.29, 0.717) is 23.1 Å². The van der Waals surface area contributed by atoms with Crippen molar-refractivity contribution in [3.8, 4) is 11.5 Å². The van der Waals surface area contributed by atoms with Crippen LogP contribution in [0, 0.1) is 0 Å². The first kappa shape index (κ1) is 14.9. The van der Waals surface area contributed by atoms with Gasteiger partial charge in [0.2, 0.25) is 0 Å². The number of benzene rings is 1. The Bertz CT molecular complexity index is 419. The fraction of sp³-hybridized carbons (Fsp3) is 0.429. The zero-order valence-corrected chi connectivity index (χ0v) is 11.9. The number of ether oxygens (including phenoxy) is 2. The summed E-state index contributed by atoms with van der Waals surface area (Å²) in [7, 11) is 3.50. The van der Waals surface area contributed by atoms with Crippen molar-refractivity contribution in [3.63, 3.8) is 0 Å². The van der Waals surface area contributed by atoms with E-state index >= 15 is 0 Å². The van der Waals surface area contributed by atoms with Gasteiger partial charge in [0.05, 0.1) is 18.7 Å². The van der Waals surface area contributed by atoms with Crippen molar-refractivity contribution < 1.29 is 9.47 Å². The van der Waals surface area contributed by atoms with Gasteiger partial charge in [-0.3, -0.25) is 0 Å². The second kappa shape index (κ2) is 7.29. The number of hydrogen-bond donors (Lipinski definition) is 1. The summed E-state index contributed by atoms with van der Waals surface area (Å²) in [5, 5.41) is 3.64. The third kappa shape index (κ3) is 4.24. The van der Waals surface area contributed by atoms with Crippen molar-refractivity contribution in [1.82, 2.24) is 5.32 Å². The second-order valence-corrected chi connectivity index (χ2v) is 4.60. The molecular weight excluding hydrogens is 250 g/mol. The molecule has 100 valence electrons. The summed E-state index contributed by atoms with van der Waals surface area (Å²) in [6.07, 6.45) is 0.803. The Balaban J connectivity index is 2.85. The summed E-state index contributed by atoms with van der Waals surface area (Å²) >= 11 is 6.21. The molecule has 0 aliphatic carbocycles. The van der Waals surface area contributed by atoms with Crippen LogP contribution in [-0.4, -0.2) is 20.8 Å². The highest BCUT2D eigenvalue weighted by Crippen LogP contribution is 2.36. The quantitative estimate of drug-likeness (QED) is 0.770. The Morgan fingerprint density at radius 3 is 2.72 bits per heavy atom. The molecule has 0 heterocycles. The molecule has 0 radical (unpaired) electrons. The molecule has 0 bridgehead atoms. The zero-order valence-electron chi connectivity index (χ0n) is 11.2. The van der Waals surface area contributed by atoms with Crippen molar-refractivity contribution in [3.05, 3.63) is 34.9 Å². The first-order valence-corrected chi connectivity index (χ1v) is 6.24. The van der Waals surface area contributed by atoms with E-state index in [-0.39, 0.29) is 0 Å². The molecule has 0 atom stereocenters. The van der Waals surface area contributed by atoms with E-state index < -0.39 is 0 Å². The maximum absolute atomic E-state index is 6.21. The maximum atomic E-state index is 6.21. The lowest BCUT2D eigenvalue weighted by molar-refractivity contribution is 0.297. The smallest absolute Gasteiger partial charge is 0.179 e. The van der Waals surface area contributed by atoms with E-state index in [4.69, 9.17) is 21.1 Å². The number of nitrogens with one attached hydrogen (secondary N) is 1. The van der Waals surface area contributed by atoms with E-state index in [0.717, 1.165) is 24.1 Å². The van der Waals surface area contributed by atoms with Gasteiger partial charge in [0.1, 0.15) is 0 Å². The molecule has 4 heteroatoms. The molecule has 1 rings (SSSR count). The molecule has 0 fully saturated rings. The van der Waals surface area contributed by atoms with Gasteiger partial charge in [0.25, 0.3) is 0 Å². The summed E-state index contributed by atoms with van der Waals surface area (Å²) < 4.78 is 11.0. The molecule has 0 aliphatic rings. The predicted molar refractivity (Wildman–Crippen MR) is 75.7 cm³/mol. The van der Waals surface area contributed by atoms with Crippen molar-refractivity contribution >= 4 is 11.6 Å². The summed E-state index contributed by atoms with van der Waals surface area (Å²) in [5.74, 6) is 1.26. The Morgan fingerprint density at radius 2 is 2.17 bits per heavy atom. The fourth-order valence-corrected chi connectivity index (χ4v) is 1.83. The molecular formula is C14H20ClNO2. The van der Waals surface area contributed by atoms with Crippen LogP contribution < -0.4 is 14.8 Å². The molecule has 1 aromatic carbocycles. The van der Waals surface area contributed by atoms with Crippen molar-refractivity contribution in [2.24, 2.45) is 0 Å². The average Bonchev–Trinajstić information content (AvgIpc) is 2.31. The number of rotatable bonds is 7. The van der Waals surface area contributed by atoms with Crippen LogP contribution in [0.15, 0.2) is 24.3 Å². The molecule has 0 saturated heterocycles. The van der Waals surface area contributed by atoms with Gasteiger partial charge < -0.3 is 14.8 Å². The van der Waals surface area contributed by atoms with Crippen LogP contribution >= 0.6 is 11.6 Å². The largest absolute Gasteiger partial charge is 0.493 e. The third-order valence-electron chi connectivity index (χ3n) is 2.45. The zero-order chi connectivity index (χ0) is 13.5. The van der Waals surface area contributed by atoms with Crippen LogP contribution in [0.4, 0.5) is 0 Å². The lowest BCUT2D eigenvalue weighted by atomic mass is 10.2. The second-order valence-electron chi connectivity index (χ2n) is 4.19. The van der Waals surface area contributed by atoms with E-state index in [1.165, 1.54) is 0 Å². The standard InChI is InChI=1S/C14H20ClNO2/c1-10(2)5-6-18-14-12(15)7-11(9-16-3)8-13(14)17-4/h7-8,16H,1,5-6,9H2,2-4H3. The molecule has 1 N–H and O–H groups in total. The molecule has 3 nitrogen and oxygen atoms in total. The van der Waals surface area contributed by atoms with Crippen LogP contribution in [0.3, 0.4) is 0 Å². The maximum Gasteiger partial charge on any atom is 0.179 e. The van der Waals surface area contributed by atoms with Gasteiger partial charge in [0.15, 0.2) is 11.5 Å². The summed E-state index contributed by atoms with van der Waals surface area (Å²) in [5.41, 5.74) is 2.14. The monoisotopic (exact) mass is 269 g/mol. The first-order chi connectivity index (χ1) is 8.58. The van der Waals surface area contributed by atoms with Crippen molar-refractivity contribution in [2.75, 3.05) is 20.8 Å². The number of halogens is 1. The van der Waals surface area contributed by atoms with E-state index in [1.54, 1.807) is 7.11 Å². The SMILES string of the molecule is C=C(C)CCOc1c(Cl)cc(CNC)cc1OC. The Kier molecular flexibility index (Phi) is 6.02. The molecule has 0 aliphatic heterocycles. The van der Waals surface area contributed by atoms with Gasteiger partial charge in [0, 0.05) is 13.0 Å². The topological polar surface area (TPSA) is 30.5 Å². The summed E-state index contributed by atoms with van der Waals surface area (Å²) in [6, 6.07) is 3.81. The van der Waals surface area contributed by atoms with E-state index in [2.05, 4.69) is 11.9 Å².